The molecule has 0 atom stereocenters. The molecule has 100 valence electrons. The van der Waals surface area contributed by atoms with Crippen molar-refractivity contribution >= 4 is 0 Å². The van der Waals surface area contributed by atoms with Gasteiger partial charge in [0, 0.05) is 5.56 Å². The molecule has 20 heavy (non-hydrogen) atoms. The fourth-order valence-corrected chi connectivity index (χ4v) is 1.95. The SMILES string of the molecule is N#Cc1ccc(O)c(-c2ccc3c(c2)OC(F)(F)O3)c1. The predicted octanol–water partition coefficient (Wildman–Crippen LogP) is 3.25. The van der Waals surface area contributed by atoms with Crippen LogP contribution >= 0.6 is 0 Å². The van der Waals surface area contributed by atoms with Crippen molar-refractivity contribution in [2.24, 2.45) is 0 Å². The van der Waals surface area contributed by atoms with E-state index in [2.05, 4.69) is 9.47 Å². The fraction of sp³-hybridized carbons (Fsp3) is 0.0714. The molecule has 2 aromatic carbocycles. The highest BCUT2D eigenvalue weighted by atomic mass is 19.3. The van der Waals surface area contributed by atoms with Crippen molar-refractivity contribution in [1.29, 1.82) is 5.26 Å². The Kier molecular flexibility index (Phi) is 2.51. The number of phenolic OH excluding ortho intramolecular Hbond substituents is 1. The zero-order valence-corrected chi connectivity index (χ0v) is 9.93. The topological polar surface area (TPSA) is 62.5 Å². The third kappa shape index (κ3) is 1.99. The maximum atomic E-state index is 12.9. The molecule has 0 saturated carbocycles. The van der Waals surface area contributed by atoms with Crippen LogP contribution in [0.4, 0.5) is 8.78 Å². The summed E-state index contributed by atoms with van der Waals surface area (Å²) in [5.41, 5.74) is 1.14. The summed E-state index contributed by atoms with van der Waals surface area (Å²) >= 11 is 0. The van der Waals surface area contributed by atoms with Crippen LogP contribution in [0.2, 0.25) is 0 Å². The van der Waals surface area contributed by atoms with E-state index in [-0.39, 0.29) is 17.2 Å². The Morgan fingerprint density at radius 1 is 1.05 bits per heavy atom. The van der Waals surface area contributed by atoms with Gasteiger partial charge in [0.25, 0.3) is 0 Å². The first-order chi connectivity index (χ1) is 9.48. The molecular formula is C14H7F2NO3. The average Bonchev–Trinajstić information content (AvgIpc) is 2.72. The monoisotopic (exact) mass is 275 g/mol. The number of ether oxygens (including phenoxy) is 2. The van der Waals surface area contributed by atoms with E-state index in [0.29, 0.717) is 16.7 Å². The van der Waals surface area contributed by atoms with Gasteiger partial charge in [-0.3, -0.25) is 0 Å². The number of nitriles is 1. The number of halogens is 2. The first-order valence-electron chi connectivity index (χ1n) is 5.62. The van der Waals surface area contributed by atoms with Crippen LogP contribution in [0.3, 0.4) is 0 Å². The number of nitrogens with zero attached hydrogens (tertiary/aromatic N) is 1. The molecule has 0 aliphatic carbocycles. The predicted molar refractivity (Wildman–Crippen MR) is 64.5 cm³/mol. The van der Waals surface area contributed by atoms with Gasteiger partial charge >= 0.3 is 6.29 Å². The van der Waals surface area contributed by atoms with Crippen LogP contribution in [-0.2, 0) is 0 Å². The van der Waals surface area contributed by atoms with Crippen molar-refractivity contribution in [2.75, 3.05) is 0 Å². The Morgan fingerprint density at radius 3 is 2.55 bits per heavy atom. The van der Waals surface area contributed by atoms with Gasteiger partial charge in [-0.05, 0) is 35.9 Å². The van der Waals surface area contributed by atoms with E-state index in [1.54, 1.807) is 0 Å². The summed E-state index contributed by atoms with van der Waals surface area (Å²) in [6, 6.07) is 10.4. The third-order valence-electron chi connectivity index (χ3n) is 2.84. The van der Waals surface area contributed by atoms with Crippen molar-refractivity contribution in [3.8, 4) is 34.4 Å². The van der Waals surface area contributed by atoms with E-state index in [0.717, 1.165) is 0 Å². The standard InChI is InChI=1S/C14H7F2NO3/c15-14(16)19-12-4-2-9(6-13(12)20-14)10-5-8(7-17)1-3-11(10)18/h1-6,18H. The normalized spacial score (nSPS) is 14.8. The van der Waals surface area contributed by atoms with E-state index in [4.69, 9.17) is 5.26 Å². The lowest BCUT2D eigenvalue weighted by molar-refractivity contribution is -0.286. The summed E-state index contributed by atoms with van der Waals surface area (Å²) < 4.78 is 34.5. The molecule has 0 spiro atoms. The second-order valence-electron chi connectivity index (χ2n) is 4.17. The summed E-state index contributed by atoms with van der Waals surface area (Å²) in [5.74, 6) is -0.251. The third-order valence-corrected chi connectivity index (χ3v) is 2.84. The van der Waals surface area contributed by atoms with E-state index >= 15 is 0 Å². The number of aromatic hydroxyl groups is 1. The highest BCUT2D eigenvalue weighted by Gasteiger charge is 2.43. The van der Waals surface area contributed by atoms with Gasteiger partial charge in [0.1, 0.15) is 5.75 Å². The largest absolute Gasteiger partial charge is 0.586 e. The van der Waals surface area contributed by atoms with E-state index in [1.807, 2.05) is 6.07 Å². The summed E-state index contributed by atoms with van der Waals surface area (Å²) in [4.78, 5) is 0. The van der Waals surface area contributed by atoms with Crippen molar-refractivity contribution in [3.05, 3.63) is 42.0 Å². The number of rotatable bonds is 1. The Bertz CT molecular complexity index is 738. The smallest absolute Gasteiger partial charge is 0.507 e. The lowest BCUT2D eigenvalue weighted by atomic mass is 10.0. The highest BCUT2D eigenvalue weighted by Crippen LogP contribution is 2.44. The van der Waals surface area contributed by atoms with Crippen LogP contribution in [0, 0.1) is 11.3 Å². The Morgan fingerprint density at radius 2 is 1.80 bits per heavy atom. The molecule has 1 heterocycles. The van der Waals surface area contributed by atoms with Gasteiger partial charge in [-0.15, -0.1) is 8.78 Å². The molecule has 0 bridgehead atoms. The minimum atomic E-state index is -3.68. The van der Waals surface area contributed by atoms with Gasteiger partial charge in [0.05, 0.1) is 11.6 Å². The molecule has 1 aliphatic heterocycles. The second kappa shape index (κ2) is 4.10. The molecule has 6 heteroatoms. The van der Waals surface area contributed by atoms with Gasteiger partial charge in [0.2, 0.25) is 0 Å². The number of hydrogen-bond acceptors (Lipinski definition) is 4. The lowest BCUT2D eigenvalue weighted by Crippen LogP contribution is -2.25. The summed E-state index contributed by atoms with van der Waals surface area (Å²) in [7, 11) is 0. The summed E-state index contributed by atoms with van der Waals surface area (Å²) in [5, 5.41) is 18.7. The van der Waals surface area contributed by atoms with Crippen molar-refractivity contribution in [1.82, 2.24) is 0 Å². The second-order valence-corrected chi connectivity index (χ2v) is 4.17. The lowest BCUT2D eigenvalue weighted by Gasteiger charge is -2.06. The molecule has 0 saturated heterocycles. The minimum absolute atomic E-state index is 0.0605. The summed E-state index contributed by atoms with van der Waals surface area (Å²) in [6.45, 7) is 0. The van der Waals surface area contributed by atoms with Gasteiger partial charge in [-0.1, -0.05) is 6.07 Å². The van der Waals surface area contributed by atoms with E-state index in [9.17, 15) is 13.9 Å². The number of alkyl halides is 2. The molecule has 0 fully saturated rings. The fourth-order valence-electron chi connectivity index (χ4n) is 1.95. The Hall–Kier alpha value is -2.81. The number of benzene rings is 2. The van der Waals surface area contributed by atoms with Gasteiger partial charge < -0.3 is 14.6 Å². The van der Waals surface area contributed by atoms with Crippen molar-refractivity contribution < 1.29 is 23.4 Å². The molecule has 1 aliphatic rings. The molecule has 3 rings (SSSR count). The average molecular weight is 275 g/mol. The first-order valence-corrected chi connectivity index (χ1v) is 5.62. The van der Waals surface area contributed by atoms with Gasteiger partial charge in [-0.25, -0.2) is 0 Å². The van der Waals surface area contributed by atoms with Crippen LogP contribution < -0.4 is 9.47 Å². The Labute approximate surface area is 112 Å². The minimum Gasteiger partial charge on any atom is -0.507 e. The molecule has 0 radical (unpaired) electrons. The zero-order chi connectivity index (χ0) is 14.3. The molecule has 4 nitrogen and oxygen atoms in total. The van der Waals surface area contributed by atoms with Crippen LogP contribution in [0.25, 0.3) is 11.1 Å². The molecule has 2 aromatic rings. The molecule has 0 amide bonds. The summed E-state index contributed by atoms with van der Waals surface area (Å²) in [6.07, 6.45) is -3.68. The Balaban J connectivity index is 2.08. The molecule has 0 unspecified atom stereocenters. The van der Waals surface area contributed by atoms with Gasteiger partial charge in [0.15, 0.2) is 11.5 Å². The van der Waals surface area contributed by atoms with E-state index < -0.39 is 6.29 Å². The van der Waals surface area contributed by atoms with Crippen LogP contribution in [0.15, 0.2) is 36.4 Å². The number of phenols is 1. The molecule has 0 aromatic heterocycles. The quantitative estimate of drug-likeness (QED) is 0.867. The van der Waals surface area contributed by atoms with Crippen LogP contribution in [0.5, 0.6) is 17.2 Å². The number of fused-ring (bicyclic) bond motifs is 1. The van der Waals surface area contributed by atoms with Crippen molar-refractivity contribution in [3.63, 3.8) is 0 Å². The molecular weight excluding hydrogens is 268 g/mol. The van der Waals surface area contributed by atoms with Crippen molar-refractivity contribution in [2.45, 2.75) is 6.29 Å². The highest BCUT2D eigenvalue weighted by molar-refractivity contribution is 5.74. The van der Waals surface area contributed by atoms with Crippen LogP contribution in [-0.4, -0.2) is 11.4 Å². The van der Waals surface area contributed by atoms with Gasteiger partial charge in [-0.2, -0.15) is 5.26 Å². The van der Waals surface area contributed by atoms with Crippen LogP contribution in [0.1, 0.15) is 5.56 Å². The number of hydrogen-bond donors (Lipinski definition) is 1. The maximum absolute atomic E-state index is 12.9. The zero-order valence-electron chi connectivity index (χ0n) is 9.93. The first kappa shape index (κ1) is 12.2. The van der Waals surface area contributed by atoms with E-state index in [1.165, 1.54) is 36.4 Å². The molecule has 1 N–H and O–H groups in total. The maximum Gasteiger partial charge on any atom is 0.586 e.